The fourth-order valence-electron chi connectivity index (χ4n) is 3.91. The van der Waals surface area contributed by atoms with Crippen LogP contribution in [-0.4, -0.2) is 23.7 Å². The Morgan fingerprint density at radius 1 is 0.943 bits per heavy atom. The molecule has 0 radical (unpaired) electrons. The van der Waals surface area contributed by atoms with Crippen molar-refractivity contribution < 1.29 is 28.8 Å². The van der Waals surface area contributed by atoms with Crippen LogP contribution in [0.1, 0.15) is 102 Å². The first kappa shape index (κ1) is 31.4. The number of rotatable bonds is 21. The minimum absolute atomic E-state index is 0.110. The van der Waals surface area contributed by atoms with Gasteiger partial charge < -0.3 is 29.3 Å². The summed E-state index contributed by atoms with van der Waals surface area (Å²) in [6, 6.07) is 5.71. The maximum atomic E-state index is 12.3. The quantitative estimate of drug-likeness (QED) is 0.132. The Hall–Kier alpha value is -1.66. The molecular formula is C27H44NO6P-2. The van der Waals surface area contributed by atoms with Gasteiger partial charge in [-0.2, -0.15) is 0 Å². The number of amides is 1. The molecule has 200 valence electrons. The first-order valence-corrected chi connectivity index (χ1v) is 14.6. The zero-order chi connectivity index (χ0) is 25.8. The summed E-state index contributed by atoms with van der Waals surface area (Å²) in [5.74, 6) is -0.0833. The zero-order valence-corrected chi connectivity index (χ0v) is 22.2. The van der Waals surface area contributed by atoms with Gasteiger partial charge in [0, 0.05) is 6.42 Å². The van der Waals surface area contributed by atoms with Crippen molar-refractivity contribution in [2.45, 2.75) is 109 Å². The Morgan fingerprint density at radius 3 is 2.06 bits per heavy atom. The SMILES string of the molecule is CCCCCCCC/C=C\CCCCCCCC(=O)N[C@@H](COP(=O)([O-])[O-])Cc1ccc(O)cc1. The monoisotopic (exact) mass is 509 g/mol. The third-order valence-corrected chi connectivity index (χ3v) is 6.35. The van der Waals surface area contributed by atoms with Gasteiger partial charge in [-0.15, -0.1) is 0 Å². The summed E-state index contributed by atoms with van der Waals surface area (Å²) in [7, 11) is -5.13. The van der Waals surface area contributed by atoms with Crippen LogP contribution in [0.3, 0.4) is 0 Å². The third kappa shape index (κ3) is 19.2. The fourth-order valence-corrected chi connectivity index (χ4v) is 4.27. The van der Waals surface area contributed by atoms with Crippen LogP contribution in [0.25, 0.3) is 0 Å². The Labute approximate surface area is 211 Å². The molecule has 1 aromatic rings. The highest BCUT2D eigenvalue weighted by Gasteiger charge is 2.14. The summed E-state index contributed by atoms with van der Waals surface area (Å²) in [5.41, 5.74) is 0.782. The van der Waals surface area contributed by atoms with Gasteiger partial charge in [0.05, 0.1) is 20.5 Å². The summed E-state index contributed by atoms with van der Waals surface area (Å²) in [4.78, 5) is 34.0. The summed E-state index contributed by atoms with van der Waals surface area (Å²) in [5, 5.41) is 12.2. The van der Waals surface area contributed by atoms with E-state index in [4.69, 9.17) is 0 Å². The highest BCUT2D eigenvalue weighted by atomic mass is 31.2. The Morgan fingerprint density at radius 2 is 1.49 bits per heavy atom. The maximum Gasteiger partial charge on any atom is 0.220 e. The first-order valence-electron chi connectivity index (χ1n) is 13.2. The average Bonchev–Trinajstić information content (AvgIpc) is 2.81. The predicted molar refractivity (Wildman–Crippen MR) is 137 cm³/mol. The molecular weight excluding hydrogens is 465 g/mol. The van der Waals surface area contributed by atoms with Crippen molar-refractivity contribution in [3.8, 4) is 5.75 Å². The van der Waals surface area contributed by atoms with E-state index in [1.54, 1.807) is 12.1 Å². The van der Waals surface area contributed by atoms with Crippen molar-refractivity contribution in [1.29, 1.82) is 0 Å². The number of hydrogen-bond donors (Lipinski definition) is 2. The van der Waals surface area contributed by atoms with E-state index < -0.39 is 20.5 Å². The van der Waals surface area contributed by atoms with Gasteiger partial charge in [-0.25, -0.2) is 0 Å². The minimum Gasteiger partial charge on any atom is -0.790 e. The molecule has 1 aromatic carbocycles. The molecule has 0 saturated heterocycles. The number of aromatic hydroxyl groups is 1. The van der Waals surface area contributed by atoms with Crippen molar-refractivity contribution in [1.82, 2.24) is 5.32 Å². The highest BCUT2D eigenvalue weighted by Crippen LogP contribution is 2.25. The van der Waals surface area contributed by atoms with E-state index in [2.05, 4.69) is 28.9 Å². The van der Waals surface area contributed by atoms with Crippen molar-refractivity contribution in [2.24, 2.45) is 0 Å². The van der Waals surface area contributed by atoms with E-state index in [9.17, 15) is 24.3 Å². The molecule has 0 aliphatic rings. The van der Waals surface area contributed by atoms with Gasteiger partial charge in [0.1, 0.15) is 5.75 Å². The molecule has 0 aromatic heterocycles. The first-order chi connectivity index (χ1) is 16.8. The average molecular weight is 510 g/mol. The second kappa shape index (κ2) is 19.5. The second-order valence-corrected chi connectivity index (χ2v) is 10.4. The van der Waals surface area contributed by atoms with Crippen LogP contribution in [-0.2, 0) is 20.3 Å². The molecule has 1 atom stereocenters. The molecule has 35 heavy (non-hydrogen) atoms. The van der Waals surface area contributed by atoms with Gasteiger partial charge in [0.2, 0.25) is 5.91 Å². The molecule has 0 unspecified atom stereocenters. The number of carbonyl (C=O) groups excluding carboxylic acids is 1. The lowest BCUT2D eigenvalue weighted by molar-refractivity contribution is -0.342. The summed E-state index contributed by atoms with van der Waals surface area (Å²) < 4.78 is 15.2. The number of benzene rings is 1. The fraction of sp³-hybridized carbons (Fsp3) is 0.667. The van der Waals surface area contributed by atoms with Crippen LogP contribution < -0.4 is 15.1 Å². The smallest absolute Gasteiger partial charge is 0.220 e. The lowest BCUT2D eigenvalue weighted by Crippen LogP contribution is -2.40. The van der Waals surface area contributed by atoms with Crippen LogP contribution in [0, 0.1) is 0 Å². The van der Waals surface area contributed by atoms with Crippen LogP contribution in [0.5, 0.6) is 5.75 Å². The van der Waals surface area contributed by atoms with Crippen molar-refractivity contribution in [3.63, 3.8) is 0 Å². The topological polar surface area (TPSA) is 122 Å². The van der Waals surface area contributed by atoms with Crippen LogP contribution in [0.2, 0.25) is 0 Å². The maximum absolute atomic E-state index is 12.3. The molecule has 0 spiro atoms. The molecule has 1 rings (SSSR count). The summed E-state index contributed by atoms with van der Waals surface area (Å²) in [6.07, 6.45) is 20.6. The standard InChI is InChI=1S/C27H46NO6P/c1-2-3-4-5-6-7-8-9-10-11-12-13-14-15-16-17-27(30)28-25(23-34-35(31,32)33)22-24-18-20-26(29)21-19-24/h9-10,18-21,25,29H,2-8,11-17,22-23H2,1H3,(H,28,30)(H2,31,32,33)/p-2/b10-9-/t25-/m1/s1. The lowest BCUT2D eigenvalue weighted by atomic mass is 10.1. The predicted octanol–water partition coefficient (Wildman–Crippen LogP) is 5.30. The summed E-state index contributed by atoms with van der Waals surface area (Å²) >= 11 is 0. The number of phosphoric ester groups is 1. The highest BCUT2D eigenvalue weighted by molar-refractivity contribution is 7.43. The molecule has 0 aliphatic heterocycles. The zero-order valence-electron chi connectivity index (χ0n) is 21.3. The van der Waals surface area contributed by atoms with Gasteiger partial charge in [-0.05, 0) is 56.2 Å². The van der Waals surface area contributed by atoms with Gasteiger partial charge in [-0.3, -0.25) is 4.79 Å². The van der Waals surface area contributed by atoms with E-state index in [1.807, 2.05) is 0 Å². The van der Waals surface area contributed by atoms with Gasteiger partial charge in [-0.1, -0.05) is 82.6 Å². The number of phenols is 1. The number of phosphoric acid groups is 1. The number of unbranched alkanes of at least 4 members (excludes halogenated alkanes) is 11. The molecule has 0 bridgehead atoms. The van der Waals surface area contributed by atoms with Crippen molar-refractivity contribution >= 4 is 13.7 Å². The number of phenolic OH excluding ortho intramolecular Hbond substituents is 1. The Kier molecular flexibility index (Phi) is 17.5. The van der Waals surface area contributed by atoms with Crippen LogP contribution >= 0.6 is 7.82 Å². The van der Waals surface area contributed by atoms with E-state index in [1.165, 1.54) is 57.1 Å². The number of allylic oxidation sites excluding steroid dienone is 2. The minimum atomic E-state index is -5.13. The summed E-state index contributed by atoms with van der Waals surface area (Å²) in [6.45, 7) is 1.83. The van der Waals surface area contributed by atoms with Crippen molar-refractivity contribution in [2.75, 3.05) is 6.61 Å². The molecule has 1 amide bonds. The molecule has 2 N–H and O–H groups in total. The molecule has 0 fully saturated rings. The number of hydrogen-bond acceptors (Lipinski definition) is 6. The van der Waals surface area contributed by atoms with E-state index >= 15 is 0 Å². The van der Waals surface area contributed by atoms with Gasteiger partial charge in [0.15, 0.2) is 0 Å². The number of carbonyl (C=O) groups is 1. The van der Waals surface area contributed by atoms with Crippen LogP contribution in [0.15, 0.2) is 36.4 Å². The molecule has 0 aliphatic carbocycles. The second-order valence-electron chi connectivity index (χ2n) is 9.21. The Bertz CT molecular complexity index is 747. The van der Waals surface area contributed by atoms with E-state index in [-0.39, 0.29) is 11.7 Å². The lowest BCUT2D eigenvalue weighted by Gasteiger charge is -2.31. The van der Waals surface area contributed by atoms with Gasteiger partial charge >= 0.3 is 0 Å². The largest absolute Gasteiger partial charge is 0.790 e. The molecule has 0 heterocycles. The molecule has 0 saturated carbocycles. The molecule has 7 nitrogen and oxygen atoms in total. The molecule has 8 heteroatoms. The van der Waals surface area contributed by atoms with Crippen LogP contribution in [0.4, 0.5) is 0 Å². The van der Waals surface area contributed by atoms with E-state index in [0.717, 1.165) is 44.1 Å². The van der Waals surface area contributed by atoms with Crippen molar-refractivity contribution in [3.05, 3.63) is 42.0 Å². The van der Waals surface area contributed by atoms with E-state index in [0.29, 0.717) is 12.8 Å². The van der Waals surface area contributed by atoms with Gasteiger partial charge in [0.25, 0.3) is 0 Å². The normalized spacial score (nSPS) is 12.8. The third-order valence-electron chi connectivity index (χ3n) is 5.88. The number of nitrogens with one attached hydrogen (secondary N) is 1. The Balaban J connectivity index is 2.15.